The molecule has 0 bridgehead atoms. The first-order valence-corrected chi connectivity index (χ1v) is 11.4. The van der Waals surface area contributed by atoms with Gasteiger partial charge in [0, 0.05) is 56.7 Å². The highest BCUT2D eigenvalue weighted by Crippen LogP contribution is 2.42. The van der Waals surface area contributed by atoms with E-state index in [1.807, 2.05) is 0 Å². The number of amides is 4. The SMILES string of the molecule is COc1ccc(C(=O)N2CCN(C(=O)CC3(c4ccccc4Cl)CC(=O)N(C)C3=O)CC2)cc1. The van der Waals surface area contributed by atoms with Gasteiger partial charge < -0.3 is 14.5 Å². The van der Waals surface area contributed by atoms with Crippen molar-refractivity contribution in [2.75, 3.05) is 40.3 Å². The van der Waals surface area contributed by atoms with Crippen LogP contribution in [0.2, 0.25) is 5.02 Å². The van der Waals surface area contributed by atoms with Crippen molar-refractivity contribution in [3.8, 4) is 5.75 Å². The van der Waals surface area contributed by atoms with E-state index in [4.69, 9.17) is 16.3 Å². The van der Waals surface area contributed by atoms with Crippen molar-refractivity contribution in [3.63, 3.8) is 0 Å². The van der Waals surface area contributed by atoms with Gasteiger partial charge in [0.25, 0.3) is 5.91 Å². The summed E-state index contributed by atoms with van der Waals surface area (Å²) < 4.78 is 5.13. The zero-order valence-corrected chi connectivity index (χ0v) is 19.9. The van der Waals surface area contributed by atoms with Crippen molar-refractivity contribution in [3.05, 3.63) is 64.7 Å². The number of methoxy groups -OCH3 is 1. The molecule has 9 heteroatoms. The number of benzene rings is 2. The van der Waals surface area contributed by atoms with Crippen LogP contribution in [-0.4, -0.2) is 78.7 Å². The molecule has 2 saturated heterocycles. The summed E-state index contributed by atoms with van der Waals surface area (Å²) >= 11 is 6.40. The highest BCUT2D eigenvalue weighted by molar-refractivity contribution is 6.32. The monoisotopic (exact) mass is 483 g/mol. The molecule has 0 saturated carbocycles. The van der Waals surface area contributed by atoms with Crippen LogP contribution in [0.4, 0.5) is 0 Å². The molecule has 0 aliphatic carbocycles. The maximum absolute atomic E-state index is 13.3. The van der Waals surface area contributed by atoms with Crippen molar-refractivity contribution in [2.24, 2.45) is 0 Å². The first-order chi connectivity index (χ1) is 16.3. The Labute approximate surface area is 203 Å². The first-order valence-electron chi connectivity index (χ1n) is 11.0. The van der Waals surface area contributed by atoms with Crippen LogP contribution in [0.15, 0.2) is 48.5 Å². The van der Waals surface area contributed by atoms with E-state index in [0.29, 0.717) is 48.1 Å². The Kier molecular flexibility index (Phi) is 6.61. The van der Waals surface area contributed by atoms with Gasteiger partial charge in [-0.1, -0.05) is 29.8 Å². The Morgan fingerprint density at radius 1 is 0.971 bits per heavy atom. The average Bonchev–Trinajstić information content (AvgIpc) is 3.07. The van der Waals surface area contributed by atoms with Gasteiger partial charge in [0.15, 0.2) is 0 Å². The molecule has 34 heavy (non-hydrogen) atoms. The molecule has 8 nitrogen and oxygen atoms in total. The van der Waals surface area contributed by atoms with Crippen molar-refractivity contribution in [1.82, 2.24) is 14.7 Å². The van der Waals surface area contributed by atoms with Crippen LogP contribution >= 0.6 is 11.6 Å². The second-order valence-electron chi connectivity index (χ2n) is 8.57. The van der Waals surface area contributed by atoms with Crippen molar-refractivity contribution < 1.29 is 23.9 Å². The zero-order chi connectivity index (χ0) is 24.5. The molecule has 0 N–H and O–H groups in total. The number of halogens is 1. The van der Waals surface area contributed by atoms with E-state index in [0.717, 1.165) is 4.90 Å². The Morgan fingerprint density at radius 3 is 2.15 bits per heavy atom. The quantitative estimate of drug-likeness (QED) is 0.609. The van der Waals surface area contributed by atoms with Gasteiger partial charge in [-0.2, -0.15) is 0 Å². The van der Waals surface area contributed by atoms with Crippen molar-refractivity contribution in [2.45, 2.75) is 18.3 Å². The minimum Gasteiger partial charge on any atom is -0.497 e. The van der Waals surface area contributed by atoms with Crippen LogP contribution in [0.5, 0.6) is 5.75 Å². The normalized spacial score (nSPS) is 20.6. The number of likely N-dealkylation sites (tertiary alicyclic amines) is 1. The van der Waals surface area contributed by atoms with Gasteiger partial charge in [-0.25, -0.2) is 0 Å². The highest BCUT2D eigenvalue weighted by Gasteiger charge is 2.53. The molecule has 2 fully saturated rings. The fourth-order valence-corrected chi connectivity index (χ4v) is 4.94. The number of likely N-dealkylation sites (N-methyl/N-ethyl adjacent to an activating group) is 1. The second kappa shape index (κ2) is 9.46. The lowest BCUT2D eigenvalue weighted by Gasteiger charge is -2.37. The predicted octanol–water partition coefficient (Wildman–Crippen LogP) is 2.35. The second-order valence-corrected chi connectivity index (χ2v) is 8.98. The number of nitrogens with zero attached hydrogens (tertiary/aromatic N) is 3. The van der Waals surface area contributed by atoms with Crippen LogP contribution in [0.3, 0.4) is 0 Å². The minimum atomic E-state index is -1.32. The summed E-state index contributed by atoms with van der Waals surface area (Å²) in [6, 6.07) is 13.7. The summed E-state index contributed by atoms with van der Waals surface area (Å²) in [5.41, 5.74) is -0.283. The molecule has 1 atom stereocenters. The third kappa shape index (κ3) is 4.25. The maximum Gasteiger partial charge on any atom is 0.253 e. The number of rotatable bonds is 5. The fourth-order valence-electron chi connectivity index (χ4n) is 4.62. The van der Waals surface area contributed by atoms with Gasteiger partial charge in [0.2, 0.25) is 17.7 Å². The molecule has 4 rings (SSSR count). The zero-order valence-electron chi connectivity index (χ0n) is 19.1. The van der Waals surface area contributed by atoms with Gasteiger partial charge in [0.05, 0.1) is 12.5 Å². The maximum atomic E-state index is 13.3. The average molecular weight is 484 g/mol. The topological polar surface area (TPSA) is 87.2 Å². The van der Waals surface area contributed by atoms with Gasteiger partial charge in [0.1, 0.15) is 5.75 Å². The molecule has 2 aliphatic heterocycles. The molecule has 4 amide bonds. The van der Waals surface area contributed by atoms with Crippen LogP contribution in [0.25, 0.3) is 0 Å². The van der Waals surface area contributed by atoms with Crippen molar-refractivity contribution in [1.29, 1.82) is 0 Å². The third-order valence-electron chi connectivity index (χ3n) is 6.64. The number of ether oxygens (including phenoxy) is 1. The van der Waals surface area contributed by atoms with Crippen LogP contribution in [0, 0.1) is 0 Å². The van der Waals surface area contributed by atoms with E-state index < -0.39 is 11.3 Å². The van der Waals surface area contributed by atoms with Crippen molar-refractivity contribution >= 4 is 35.2 Å². The Balaban J connectivity index is 1.47. The van der Waals surface area contributed by atoms with E-state index >= 15 is 0 Å². The largest absolute Gasteiger partial charge is 0.497 e. The smallest absolute Gasteiger partial charge is 0.253 e. The molecule has 0 spiro atoms. The molecular formula is C25H26ClN3O5. The van der Waals surface area contributed by atoms with E-state index in [1.165, 1.54) is 7.05 Å². The number of imide groups is 1. The van der Waals surface area contributed by atoms with E-state index in [-0.39, 0.29) is 30.6 Å². The Bertz CT molecular complexity index is 1130. The molecule has 2 heterocycles. The molecular weight excluding hydrogens is 458 g/mol. The molecule has 1 unspecified atom stereocenters. The number of hydrogen-bond acceptors (Lipinski definition) is 5. The fraction of sp³-hybridized carbons (Fsp3) is 0.360. The summed E-state index contributed by atoms with van der Waals surface area (Å²) in [6.45, 7) is 1.44. The summed E-state index contributed by atoms with van der Waals surface area (Å²) in [6.07, 6.45) is -0.258. The number of hydrogen-bond donors (Lipinski definition) is 0. The lowest BCUT2D eigenvalue weighted by Crippen LogP contribution is -2.52. The molecule has 2 aliphatic rings. The number of piperazine rings is 1. The van der Waals surface area contributed by atoms with Gasteiger partial charge in [-0.15, -0.1) is 0 Å². The number of carbonyl (C=O) groups is 4. The molecule has 2 aromatic rings. The molecule has 2 aromatic carbocycles. The third-order valence-corrected chi connectivity index (χ3v) is 6.97. The van der Waals surface area contributed by atoms with E-state index in [9.17, 15) is 19.2 Å². The number of carbonyl (C=O) groups excluding carboxylic acids is 4. The van der Waals surface area contributed by atoms with E-state index in [1.54, 1.807) is 65.4 Å². The summed E-state index contributed by atoms with van der Waals surface area (Å²) in [7, 11) is 2.99. The van der Waals surface area contributed by atoms with Gasteiger partial charge in [-0.3, -0.25) is 24.1 Å². The highest BCUT2D eigenvalue weighted by atomic mass is 35.5. The summed E-state index contributed by atoms with van der Waals surface area (Å²) in [5, 5.41) is 0.349. The summed E-state index contributed by atoms with van der Waals surface area (Å²) in [5.74, 6) is -0.446. The Hall–Kier alpha value is -3.39. The van der Waals surface area contributed by atoms with Gasteiger partial charge >= 0.3 is 0 Å². The van der Waals surface area contributed by atoms with Gasteiger partial charge in [-0.05, 0) is 35.9 Å². The first kappa shape index (κ1) is 23.8. The van der Waals surface area contributed by atoms with Crippen LogP contribution in [-0.2, 0) is 19.8 Å². The Morgan fingerprint density at radius 2 is 1.59 bits per heavy atom. The lowest BCUT2D eigenvalue weighted by atomic mass is 9.75. The summed E-state index contributed by atoms with van der Waals surface area (Å²) in [4.78, 5) is 56.1. The van der Waals surface area contributed by atoms with Crippen LogP contribution < -0.4 is 4.74 Å². The molecule has 0 aromatic heterocycles. The standard InChI is InChI=1S/C25H26ClN3O5/c1-27-21(30)15-25(24(27)33,19-5-3-4-6-20(19)26)16-22(31)28-11-13-29(14-12-28)23(32)17-7-9-18(34-2)10-8-17/h3-10H,11-16H2,1-2H3. The predicted molar refractivity (Wildman–Crippen MR) is 126 cm³/mol. The molecule has 0 radical (unpaired) electrons. The lowest BCUT2D eigenvalue weighted by molar-refractivity contribution is -0.142. The van der Waals surface area contributed by atoms with E-state index in [2.05, 4.69) is 0 Å². The molecule has 178 valence electrons. The minimum absolute atomic E-state index is 0.103. The van der Waals surface area contributed by atoms with Crippen LogP contribution in [0.1, 0.15) is 28.8 Å².